The van der Waals surface area contributed by atoms with E-state index in [1.54, 1.807) is 28.9 Å². The average Bonchev–Trinajstić information content (AvgIpc) is 3.01. The summed E-state index contributed by atoms with van der Waals surface area (Å²) in [6, 6.07) is 10.3. The molecular formula is C12H8OS2. The lowest BCUT2D eigenvalue weighted by Gasteiger charge is -1.96. The molecule has 3 aromatic heterocycles. The van der Waals surface area contributed by atoms with E-state index in [0.717, 1.165) is 5.76 Å². The Morgan fingerprint density at radius 3 is 2.27 bits per heavy atom. The second-order valence-corrected chi connectivity index (χ2v) is 5.01. The van der Waals surface area contributed by atoms with Crippen LogP contribution in [0.15, 0.2) is 51.8 Å². The van der Waals surface area contributed by atoms with Gasteiger partial charge in [-0.2, -0.15) is 0 Å². The Balaban J connectivity index is 2.15. The fourth-order valence-electron chi connectivity index (χ4n) is 1.53. The van der Waals surface area contributed by atoms with Crippen LogP contribution in [0.4, 0.5) is 0 Å². The van der Waals surface area contributed by atoms with Gasteiger partial charge in [0.25, 0.3) is 0 Å². The molecule has 3 rings (SSSR count). The zero-order chi connectivity index (χ0) is 10.1. The summed E-state index contributed by atoms with van der Waals surface area (Å²) in [5.74, 6) is 0.979. The summed E-state index contributed by atoms with van der Waals surface area (Å²) in [5, 5.41) is 4.15. The first-order valence-electron chi connectivity index (χ1n) is 4.60. The smallest absolute Gasteiger partial charge is 0.152 e. The Labute approximate surface area is 95.6 Å². The molecule has 3 aromatic rings. The minimum atomic E-state index is 0.979. The second kappa shape index (κ2) is 3.68. The molecule has 0 fully saturated rings. The van der Waals surface area contributed by atoms with Crippen molar-refractivity contribution in [1.29, 1.82) is 0 Å². The van der Waals surface area contributed by atoms with Crippen molar-refractivity contribution >= 4 is 22.7 Å². The van der Waals surface area contributed by atoms with E-state index in [9.17, 15) is 0 Å². The molecule has 0 unspecified atom stereocenters. The fraction of sp³-hybridized carbons (Fsp3) is 0. The van der Waals surface area contributed by atoms with Gasteiger partial charge < -0.3 is 4.42 Å². The third-order valence-corrected chi connectivity index (χ3v) is 3.97. The number of thiophene rings is 2. The van der Waals surface area contributed by atoms with Crippen LogP contribution in [0.25, 0.3) is 21.1 Å². The molecule has 0 amide bonds. The lowest BCUT2D eigenvalue weighted by atomic mass is 10.2. The molecule has 15 heavy (non-hydrogen) atoms. The number of rotatable bonds is 2. The van der Waals surface area contributed by atoms with Crippen molar-refractivity contribution in [2.24, 2.45) is 0 Å². The van der Waals surface area contributed by atoms with E-state index in [1.807, 2.05) is 12.1 Å². The number of hydrogen-bond donors (Lipinski definition) is 0. The molecule has 0 aliphatic heterocycles. The minimum Gasteiger partial charge on any atom is -0.463 e. The van der Waals surface area contributed by atoms with Gasteiger partial charge in [0.05, 0.1) is 11.1 Å². The van der Waals surface area contributed by atoms with Gasteiger partial charge >= 0.3 is 0 Å². The molecule has 74 valence electrons. The van der Waals surface area contributed by atoms with Crippen LogP contribution in [-0.2, 0) is 0 Å². The molecule has 1 nitrogen and oxygen atoms in total. The monoisotopic (exact) mass is 232 g/mol. The zero-order valence-electron chi connectivity index (χ0n) is 7.84. The molecule has 0 N–H and O–H groups in total. The first-order chi connectivity index (χ1) is 7.45. The Morgan fingerprint density at radius 2 is 1.60 bits per heavy atom. The lowest BCUT2D eigenvalue weighted by Crippen LogP contribution is -1.71. The highest BCUT2D eigenvalue weighted by molar-refractivity contribution is 7.14. The Hall–Kier alpha value is -1.32. The van der Waals surface area contributed by atoms with Crippen molar-refractivity contribution in [3.05, 3.63) is 47.4 Å². The van der Waals surface area contributed by atoms with Gasteiger partial charge in [-0.1, -0.05) is 12.1 Å². The summed E-state index contributed by atoms with van der Waals surface area (Å²) in [6.07, 6.45) is 1.75. The van der Waals surface area contributed by atoms with Crippen LogP contribution >= 0.6 is 22.7 Å². The van der Waals surface area contributed by atoms with E-state index in [0.29, 0.717) is 0 Å². The standard InChI is InChI=1S/C12H8OS2/c1-3-10(14-7-1)9-5-6-13-12(9)11-4-2-8-15-11/h1-8H. The minimum absolute atomic E-state index is 0.979. The molecule has 0 saturated heterocycles. The third kappa shape index (κ3) is 1.54. The van der Waals surface area contributed by atoms with Crippen LogP contribution < -0.4 is 0 Å². The second-order valence-electron chi connectivity index (χ2n) is 3.12. The molecule has 0 bridgehead atoms. The molecule has 0 aliphatic rings. The van der Waals surface area contributed by atoms with Crippen molar-refractivity contribution in [3.8, 4) is 21.1 Å². The summed E-state index contributed by atoms with van der Waals surface area (Å²) in [7, 11) is 0. The van der Waals surface area contributed by atoms with Crippen LogP contribution in [0.1, 0.15) is 0 Å². The van der Waals surface area contributed by atoms with E-state index >= 15 is 0 Å². The van der Waals surface area contributed by atoms with Crippen molar-refractivity contribution in [2.45, 2.75) is 0 Å². The molecule has 3 heterocycles. The fourth-order valence-corrected chi connectivity index (χ4v) is 3.01. The molecular weight excluding hydrogens is 224 g/mol. The van der Waals surface area contributed by atoms with E-state index in [-0.39, 0.29) is 0 Å². The van der Waals surface area contributed by atoms with Gasteiger partial charge in [0.1, 0.15) is 0 Å². The van der Waals surface area contributed by atoms with Crippen LogP contribution in [0.2, 0.25) is 0 Å². The van der Waals surface area contributed by atoms with E-state index in [4.69, 9.17) is 4.42 Å². The van der Waals surface area contributed by atoms with Gasteiger partial charge in [-0.3, -0.25) is 0 Å². The highest BCUT2D eigenvalue weighted by atomic mass is 32.1. The van der Waals surface area contributed by atoms with Gasteiger partial charge in [0, 0.05) is 10.4 Å². The van der Waals surface area contributed by atoms with E-state index in [1.165, 1.54) is 15.3 Å². The Kier molecular flexibility index (Phi) is 2.19. The predicted molar refractivity (Wildman–Crippen MR) is 65.3 cm³/mol. The molecule has 0 saturated carbocycles. The zero-order valence-corrected chi connectivity index (χ0v) is 9.48. The van der Waals surface area contributed by atoms with Gasteiger partial charge in [-0.05, 0) is 29.0 Å². The predicted octanol–water partition coefficient (Wildman–Crippen LogP) is 4.74. The van der Waals surface area contributed by atoms with Crippen LogP contribution in [-0.4, -0.2) is 0 Å². The maximum atomic E-state index is 5.55. The number of hydrogen-bond acceptors (Lipinski definition) is 3. The maximum absolute atomic E-state index is 5.55. The Bertz CT molecular complexity index is 483. The van der Waals surface area contributed by atoms with Crippen LogP contribution in [0, 0.1) is 0 Å². The molecule has 3 heteroatoms. The van der Waals surface area contributed by atoms with Crippen molar-refractivity contribution < 1.29 is 4.42 Å². The van der Waals surface area contributed by atoms with Crippen molar-refractivity contribution in [1.82, 2.24) is 0 Å². The Morgan fingerprint density at radius 1 is 0.867 bits per heavy atom. The summed E-state index contributed by atoms with van der Waals surface area (Å²) >= 11 is 3.44. The van der Waals surface area contributed by atoms with Crippen LogP contribution in [0.3, 0.4) is 0 Å². The van der Waals surface area contributed by atoms with E-state index < -0.39 is 0 Å². The van der Waals surface area contributed by atoms with Gasteiger partial charge in [0.15, 0.2) is 5.76 Å². The SMILES string of the molecule is c1csc(-c2ccoc2-c2cccs2)c1. The van der Waals surface area contributed by atoms with Gasteiger partial charge in [-0.25, -0.2) is 0 Å². The van der Waals surface area contributed by atoms with Gasteiger partial charge in [-0.15, -0.1) is 22.7 Å². The third-order valence-electron chi connectivity index (χ3n) is 2.20. The highest BCUT2D eigenvalue weighted by Crippen LogP contribution is 2.37. The quantitative estimate of drug-likeness (QED) is 0.622. The molecule has 0 aromatic carbocycles. The lowest BCUT2D eigenvalue weighted by molar-refractivity contribution is 0.584. The molecule has 0 atom stereocenters. The largest absolute Gasteiger partial charge is 0.463 e. The van der Waals surface area contributed by atoms with Crippen molar-refractivity contribution in [3.63, 3.8) is 0 Å². The highest BCUT2D eigenvalue weighted by Gasteiger charge is 2.11. The summed E-state index contributed by atoms with van der Waals surface area (Å²) in [5.41, 5.74) is 1.19. The first kappa shape index (κ1) is 8.95. The average molecular weight is 232 g/mol. The normalized spacial score (nSPS) is 10.7. The van der Waals surface area contributed by atoms with E-state index in [2.05, 4.69) is 29.0 Å². The first-order valence-corrected chi connectivity index (χ1v) is 6.36. The maximum Gasteiger partial charge on any atom is 0.152 e. The summed E-state index contributed by atoms with van der Waals surface area (Å²) < 4.78 is 5.55. The van der Waals surface area contributed by atoms with Gasteiger partial charge in [0.2, 0.25) is 0 Å². The topological polar surface area (TPSA) is 13.1 Å². The summed E-state index contributed by atoms with van der Waals surface area (Å²) in [4.78, 5) is 2.44. The van der Waals surface area contributed by atoms with Crippen molar-refractivity contribution in [2.75, 3.05) is 0 Å². The van der Waals surface area contributed by atoms with Crippen LogP contribution in [0.5, 0.6) is 0 Å². The molecule has 0 aliphatic carbocycles. The molecule has 0 spiro atoms. The summed E-state index contributed by atoms with van der Waals surface area (Å²) in [6.45, 7) is 0. The molecule has 0 radical (unpaired) electrons. The number of furan rings is 1.